The number of nitrogens with zero attached hydrogens (tertiary/aromatic N) is 1. The normalized spacial score (nSPS) is 12.9. The number of hydrogen-bond donors (Lipinski definition) is 1. The van der Waals surface area contributed by atoms with Gasteiger partial charge in [-0.15, -0.1) is 0 Å². The second kappa shape index (κ2) is 7.20. The van der Waals surface area contributed by atoms with Crippen molar-refractivity contribution in [2.24, 2.45) is 0 Å². The van der Waals surface area contributed by atoms with Crippen molar-refractivity contribution in [3.05, 3.63) is 30.1 Å². The molecular weight excluding hydrogens is 268 g/mol. The van der Waals surface area contributed by atoms with Gasteiger partial charge in [0, 0.05) is 12.6 Å². The first-order valence-corrected chi connectivity index (χ1v) is 7.57. The molecule has 1 aromatic rings. The lowest BCUT2D eigenvalue weighted by molar-refractivity contribution is -0.140. The molecule has 7 heteroatoms. The summed E-state index contributed by atoms with van der Waals surface area (Å²) in [6.07, 6.45) is 1.93. The van der Waals surface area contributed by atoms with Gasteiger partial charge in [-0.1, -0.05) is 6.07 Å². The van der Waals surface area contributed by atoms with E-state index in [1.165, 1.54) is 7.11 Å². The third kappa shape index (κ3) is 5.80. The molecule has 1 N–H and O–H groups in total. The van der Waals surface area contributed by atoms with Crippen LogP contribution >= 0.6 is 0 Å². The van der Waals surface area contributed by atoms with Gasteiger partial charge in [-0.25, -0.2) is 13.1 Å². The molecule has 0 amide bonds. The molecule has 0 fully saturated rings. The average molecular weight is 286 g/mol. The Balaban J connectivity index is 2.48. The first-order valence-electron chi connectivity index (χ1n) is 5.92. The fourth-order valence-corrected chi connectivity index (χ4v) is 2.83. The van der Waals surface area contributed by atoms with Crippen molar-refractivity contribution in [3.63, 3.8) is 0 Å². The number of aromatic nitrogens is 1. The molecule has 19 heavy (non-hydrogen) atoms. The molecule has 0 aliphatic rings. The first kappa shape index (κ1) is 15.6. The standard InChI is InChI=1S/C12H18N2O4S/c1-10(11-6-3-4-8-13-11)14-19(16,17)9-5-7-12(15)18-2/h3-4,6,8,10,14H,5,7,9H2,1-2H3/t10-/m0/s1. The van der Waals surface area contributed by atoms with E-state index in [1.807, 2.05) is 0 Å². The van der Waals surface area contributed by atoms with Crippen molar-refractivity contribution >= 4 is 16.0 Å². The van der Waals surface area contributed by atoms with E-state index in [0.29, 0.717) is 5.69 Å². The largest absolute Gasteiger partial charge is 0.469 e. The van der Waals surface area contributed by atoms with Crippen LogP contribution in [0.5, 0.6) is 0 Å². The monoisotopic (exact) mass is 286 g/mol. The van der Waals surface area contributed by atoms with Crippen LogP contribution in [0.3, 0.4) is 0 Å². The van der Waals surface area contributed by atoms with E-state index in [1.54, 1.807) is 31.3 Å². The van der Waals surface area contributed by atoms with E-state index in [4.69, 9.17) is 0 Å². The molecule has 1 heterocycles. The Morgan fingerprint density at radius 2 is 2.21 bits per heavy atom. The predicted molar refractivity (Wildman–Crippen MR) is 70.8 cm³/mol. The van der Waals surface area contributed by atoms with E-state index in [9.17, 15) is 13.2 Å². The van der Waals surface area contributed by atoms with Gasteiger partial charge >= 0.3 is 5.97 Å². The summed E-state index contributed by atoms with van der Waals surface area (Å²) in [5, 5.41) is 0. The molecule has 0 unspecified atom stereocenters. The second-order valence-electron chi connectivity index (χ2n) is 4.09. The summed E-state index contributed by atoms with van der Waals surface area (Å²) in [4.78, 5) is 15.0. The van der Waals surface area contributed by atoms with Crippen molar-refractivity contribution in [2.75, 3.05) is 12.9 Å². The Labute approximate surface area is 113 Å². The smallest absolute Gasteiger partial charge is 0.305 e. The van der Waals surface area contributed by atoms with Crippen molar-refractivity contribution in [2.45, 2.75) is 25.8 Å². The number of nitrogens with one attached hydrogen (secondary N) is 1. The summed E-state index contributed by atoms with van der Waals surface area (Å²) in [6.45, 7) is 1.72. The fourth-order valence-electron chi connectivity index (χ4n) is 1.53. The number of hydrogen-bond acceptors (Lipinski definition) is 5. The minimum Gasteiger partial charge on any atom is -0.469 e. The number of rotatable bonds is 7. The lowest BCUT2D eigenvalue weighted by atomic mass is 10.2. The van der Waals surface area contributed by atoms with E-state index in [0.717, 1.165) is 0 Å². The van der Waals surface area contributed by atoms with Crippen LogP contribution in [-0.2, 0) is 19.6 Å². The molecule has 0 bridgehead atoms. The Kier molecular flexibility index (Phi) is 5.91. The fraction of sp³-hybridized carbons (Fsp3) is 0.500. The SMILES string of the molecule is COC(=O)CCCS(=O)(=O)N[C@@H](C)c1ccccn1. The molecule has 6 nitrogen and oxygen atoms in total. The van der Waals surface area contributed by atoms with Crippen LogP contribution in [0.4, 0.5) is 0 Å². The third-order valence-electron chi connectivity index (χ3n) is 2.51. The maximum Gasteiger partial charge on any atom is 0.305 e. The zero-order valence-corrected chi connectivity index (χ0v) is 11.8. The van der Waals surface area contributed by atoms with E-state index >= 15 is 0 Å². The van der Waals surface area contributed by atoms with E-state index < -0.39 is 22.0 Å². The van der Waals surface area contributed by atoms with Crippen molar-refractivity contribution in [3.8, 4) is 0 Å². The molecule has 0 spiro atoms. The molecule has 0 radical (unpaired) electrons. The number of ether oxygens (including phenoxy) is 1. The van der Waals surface area contributed by atoms with E-state index in [-0.39, 0.29) is 18.6 Å². The molecule has 1 atom stereocenters. The van der Waals surface area contributed by atoms with Crippen LogP contribution in [0.1, 0.15) is 31.5 Å². The number of esters is 1. The van der Waals surface area contributed by atoms with Crippen molar-refractivity contribution < 1.29 is 17.9 Å². The molecule has 106 valence electrons. The Bertz CT molecular complexity index is 502. The highest BCUT2D eigenvalue weighted by atomic mass is 32.2. The molecule has 1 rings (SSSR count). The highest BCUT2D eigenvalue weighted by Crippen LogP contribution is 2.10. The highest BCUT2D eigenvalue weighted by Gasteiger charge is 2.16. The maximum atomic E-state index is 11.8. The number of pyridine rings is 1. The second-order valence-corrected chi connectivity index (χ2v) is 5.97. The number of carbonyl (C=O) groups excluding carboxylic acids is 1. The average Bonchev–Trinajstić information content (AvgIpc) is 2.38. The third-order valence-corrected chi connectivity index (χ3v) is 4.05. The van der Waals surface area contributed by atoms with Crippen LogP contribution in [-0.4, -0.2) is 32.2 Å². The summed E-state index contributed by atoms with van der Waals surface area (Å²) in [5.41, 5.74) is 0.652. The quantitative estimate of drug-likeness (QED) is 0.756. The van der Waals surface area contributed by atoms with Crippen LogP contribution in [0.25, 0.3) is 0 Å². The van der Waals surface area contributed by atoms with Crippen molar-refractivity contribution in [1.29, 1.82) is 0 Å². The van der Waals surface area contributed by atoms with Gasteiger partial charge in [-0.2, -0.15) is 0 Å². The lowest BCUT2D eigenvalue weighted by Gasteiger charge is -2.13. The Hall–Kier alpha value is -1.47. The lowest BCUT2D eigenvalue weighted by Crippen LogP contribution is -2.29. The molecule has 0 saturated carbocycles. The van der Waals surface area contributed by atoms with Crippen LogP contribution in [0.2, 0.25) is 0 Å². The zero-order chi connectivity index (χ0) is 14.3. The van der Waals surface area contributed by atoms with Gasteiger partial charge in [0.05, 0.1) is 24.6 Å². The molecule has 0 aliphatic heterocycles. The minimum absolute atomic E-state index is 0.0926. The van der Waals surface area contributed by atoms with Gasteiger partial charge in [0.25, 0.3) is 0 Å². The predicted octanol–water partition coefficient (Wildman–Crippen LogP) is 1.02. The van der Waals surface area contributed by atoms with E-state index in [2.05, 4.69) is 14.4 Å². The summed E-state index contributed by atoms with van der Waals surface area (Å²) in [6, 6.07) is 4.91. The Morgan fingerprint density at radius 1 is 1.47 bits per heavy atom. The van der Waals surface area contributed by atoms with Crippen molar-refractivity contribution in [1.82, 2.24) is 9.71 Å². The summed E-state index contributed by atoms with van der Waals surface area (Å²) in [5.74, 6) is -0.521. The van der Waals surface area contributed by atoms with Crippen LogP contribution < -0.4 is 4.72 Å². The van der Waals surface area contributed by atoms with Gasteiger partial charge in [-0.05, 0) is 25.5 Å². The topological polar surface area (TPSA) is 85.4 Å². The van der Waals surface area contributed by atoms with Gasteiger partial charge in [-0.3, -0.25) is 9.78 Å². The molecule has 0 aliphatic carbocycles. The van der Waals surface area contributed by atoms with Gasteiger partial charge in [0.15, 0.2) is 0 Å². The maximum absolute atomic E-state index is 11.8. The Morgan fingerprint density at radius 3 is 2.79 bits per heavy atom. The zero-order valence-electron chi connectivity index (χ0n) is 11.0. The summed E-state index contributed by atoms with van der Waals surface area (Å²) in [7, 11) is -2.15. The molecule has 1 aromatic heterocycles. The summed E-state index contributed by atoms with van der Waals surface area (Å²) >= 11 is 0. The van der Waals surface area contributed by atoms with Gasteiger partial charge in [0.1, 0.15) is 0 Å². The van der Waals surface area contributed by atoms with Crippen LogP contribution in [0.15, 0.2) is 24.4 Å². The van der Waals surface area contributed by atoms with Gasteiger partial charge < -0.3 is 4.74 Å². The highest BCUT2D eigenvalue weighted by molar-refractivity contribution is 7.89. The number of carbonyl (C=O) groups is 1. The molecule has 0 aromatic carbocycles. The van der Waals surface area contributed by atoms with Gasteiger partial charge in [0.2, 0.25) is 10.0 Å². The minimum atomic E-state index is -3.43. The molecular formula is C12H18N2O4S. The molecule has 0 saturated heterocycles. The number of sulfonamides is 1. The number of methoxy groups -OCH3 is 1. The first-order chi connectivity index (χ1) is 8.94. The summed E-state index contributed by atoms with van der Waals surface area (Å²) < 4.78 is 30.6. The van der Waals surface area contributed by atoms with Crippen LogP contribution in [0, 0.1) is 0 Å².